The minimum Gasteiger partial charge on any atom is -0.340 e. The zero-order valence-corrected chi connectivity index (χ0v) is 15.2. The van der Waals surface area contributed by atoms with Gasteiger partial charge in [0.2, 0.25) is 5.91 Å². The van der Waals surface area contributed by atoms with Gasteiger partial charge >= 0.3 is 0 Å². The topological polar surface area (TPSA) is 74.3 Å². The molecule has 136 valence electrons. The van der Waals surface area contributed by atoms with Crippen LogP contribution in [-0.2, 0) is 4.79 Å². The molecule has 2 heterocycles. The molecular formula is C20H24N4O2. The molecule has 1 aromatic carbocycles. The molecule has 1 aromatic heterocycles. The molecule has 1 saturated heterocycles. The number of benzene rings is 1. The second kappa shape index (κ2) is 7.99. The summed E-state index contributed by atoms with van der Waals surface area (Å²) in [6, 6.07) is 11.0. The molecule has 6 heteroatoms. The molecule has 0 radical (unpaired) electrons. The number of amides is 2. The van der Waals surface area contributed by atoms with Gasteiger partial charge in [-0.25, -0.2) is 4.98 Å². The van der Waals surface area contributed by atoms with Crippen molar-refractivity contribution >= 4 is 29.0 Å². The van der Waals surface area contributed by atoms with Crippen molar-refractivity contribution in [3.8, 4) is 0 Å². The first kappa shape index (κ1) is 17.9. The van der Waals surface area contributed by atoms with Crippen LogP contribution in [0.25, 0.3) is 0 Å². The normalized spacial score (nSPS) is 16.8. The van der Waals surface area contributed by atoms with Crippen molar-refractivity contribution < 1.29 is 9.59 Å². The molecule has 26 heavy (non-hydrogen) atoms. The maximum absolute atomic E-state index is 12.6. The fraction of sp³-hybridized carbons (Fsp3) is 0.350. The maximum atomic E-state index is 12.6. The number of rotatable bonds is 4. The molecule has 2 N–H and O–H groups in total. The number of anilines is 3. The first-order valence-corrected chi connectivity index (χ1v) is 8.91. The summed E-state index contributed by atoms with van der Waals surface area (Å²) in [5.74, 6) is 1.13. The van der Waals surface area contributed by atoms with Gasteiger partial charge in [0.1, 0.15) is 5.82 Å². The second-order valence-electron chi connectivity index (χ2n) is 6.82. The average molecular weight is 352 g/mol. The largest absolute Gasteiger partial charge is 0.340 e. The number of piperidine rings is 1. The van der Waals surface area contributed by atoms with E-state index in [9.17, 15) is 9.59 Å². The number of likely N-dealkylation sites (tertiary alicyclic amines) is 1. The van der Waals surface area contributed by atoms with Gasteiger partial charge in [0.05, 0.1) is 5.56 Å². The molecule has 1 aliphatic heterocycles. The number of aromatic nitrogens is 1. The summed E-state index contributed by atoms with van der Waals surface area (Å²) >= 11 is 0. The maximum Gasteiger partial charge on any atom is 0.255 e. The lowest BCUT2D eigenvalue weighted by molar-refractivity contribution is -0.114. The van der Waals surface area contributed by atoms with E-state index in [2.05, 4.69) is 22.5 Å². The van der Waals surface area contributed by atoms with Gasteiger partial charge < -0.3 is 15.5 Å². The van der Waals surface area contributed by atoms with E-state index >= 15 is 0 Å². The molecule has 2 amide bonds. The van der Waals surface area contributed by atoms with Crippen LogP contribution in [0, 0.1) is 5.92 Å². The van der Waals surface area contributed by atoms with E-state index in [0.717, 1.165) is 25.2 Å². The van der Waals surface area contributed by atoms with Gasteiger partial charge in [0.25, 0.3) is 5.91 Å². The highest BCUT2D eigenvalue weighted by atomic mass is 16.2. The number of hydrogen-bond acceptors (Lipinski definition) is 4. The third-order valence-corrected chi connectivity index (χ3v) is 4.41. The van der Waals surface area contributed by atoms with E-state index in [1.165, 1.54) is 13.3 Å². The van der Waals surface area contributed by atoms with Crippen LogP contribution >= 0.6 is 0 Å². The molecule has 1 atom stereocenters. The van der Waals surface area contributed by atoms with Crippen LogP contribution in [0.1, 0.15) is 37.0 Å². The fourth-order valence-electron chi connectivity index (χ4n) is 3.18. The monoisotopic (exact) mass is 352 g/mol. The minimum absolute atomic E-state index is 0.0447. The third-order valence-electron chi connectivity index (χ3n) is 4.41. The number of nitrogens with one attached hydrogen (secondary N) is 2. The number of nitrogens with zero attached hydrogens (tertiary/aromatic N) is 2. The summed E-state index contributed by atoms with van der Waals surface area (Å²) in [6.07, 6.45) is 3.86. The standard InChI is InChI=1S/C20H24N4O2/c1-14-5-4-10-24(13-14)20(26)16-8-9-19(21-12-16)23-18-7-3-6-17(11-18)22-15(2)25/h3,6-9,11-12,14H,4-5,10,13H2,1-2H3,(H,21,23)(H,22,25). The zero-order chi connectivity index (χ0) is 18.5. The van der Waals surface area contributed by atoms with Crippen molar-refractivity contribution in [2.45, 2.75) is 26.7 Å². The zero-order valence-electron chi connectivity index (χ0n) is 15.2. The van der Waals surface area contributed by atoms with Gasteiger partial charge in [-0.2, -0.15) is 0 Å². The van der Waals surface area contributed by atoms with Crippen molar-refractivity contribution in [3.05, 3.63) is 48.2 Å². The Morgan fingerprint density at radius 2 is 2.00 bits per heavy atom. The fourth-order valence-corrected chi connectivity index (χ4v) is 3.18. The van der Waals surface area contributed by atoms with Crippen molar-refractivity contribution in [2.75, 3.05) is 23.7 Å². The Bertz CT molecular complexity index is 789. The number of hydrogen-bond donors (Lipinski definition) is 2. The van der Waals surface area contributed by atoms with Gasteiger partial charge in [-0.05, 0) is 49.1 Å². The lowest BCUT2D eigenvalue weighted by Crippen LogP contribution is -2.39. The van der Waals surface area contributed by atoms with Gasteiger partial charge in [-0.15, -0.1) is 0 Å². The Labute approximate surface area is 153 Å². The number of carbonyl (C=O) groups excluding carboxylic acids is 2. The molecule has 3 rings (SSSR count). The second-order valence-corrected chi connectivity index (χ2v) is 6.82. The minimum atomic E-state index is -0.116. The number of pyridine rings is 1. The highest BCUT2D eigenvalue weighted by Crippen LogP contribution is 2.21. The summed E-state index contributed by atoms with van der Waals surface area (Å²) in [6.45, 7) is 5.29. The van der Waals surface area contributed by atoms with E-state index in [0.29, 0.717) is 23.0 Å². The Hall–Kier alpha value is -2.89. The summed E-state index contributed by atoms with van der Waals surface area (Å²) in [4.78, 5) is 30.0. The van der Waals surface area contributed by atoms with Crippen LogP contribution in [0.15, 0.2) is 42.6 Å². The third kappa shape index (κ3) is 4.59. The lowest BCUT2D eigenvalue weighted by Gasteiger charge is -2.30. The van der Waals surface area contributed by atoms with E-state index in [4.69, 9.17) is 0 Å². The quantitative estimate of drug-likeness (QED) is 0.881. The van der Waals surface area contributed by atoms with E-state index in [1.807, 2.05) is 29.2 Å². The molecule has 1 aliphatic rings. The van der Waals surface area contributed by atoms with Crippen molar-refractivity contribution in [3.63, 3.8) is 0 Å². The Kier molecular flexibility index (Phi) is 5.51. The summed E-state index contributed by atoms with van der Waals surface area (Å²) in [5.41, 5.74) is 2.14. The molecule has 2 aromatic rings. The highest BCUT2D eigenvalue weighted by Gasteiger charge is 2.22. The molecule has 1 fully saturated rings. The molecule has 0 aliphatic carbocycles. The van der Waals surface area contributed by atoms with Crippen LogP contribution in [0.5, 0.6) is 0 Å². The van der Waals surface area contributed by atoms with Gasteiger partial charge in [-0.1, -0.05) is 13.0 Å². The molecule has 0 bridgehead atoms. The highest BCUT2D eigenvalue weighted by molar-refractivity contribution is 5.94. The van der Waals surface area contributed by atoms with Crippen LogP contribution < -0.4 is 10.6 Å². The molecule has 1 unspecified atom stereocenters. The molecular weight excluding hydrogens is 328 g/mol. The Morgan fingerprint density at radius 1 is 1.19 bits per heavy atom. The Balaban J connectivity index is 1.66. The van der Waals surface area contributed by atoms with Gasteiger partial charge in [0.15, 0.2) is 0 Å². The predicted octanol–water partition coefficient (Wildman–Crippen LogP) is 3.66. The lowest BCUT2D eigenvalue weighted by atomic mass is 10.00. The summed E-state index contributed by atoms with van der Waals surface area (Å²) < 4.78 is 0. The van der Waals surface area contributed by atoms with Crippen molar-refractivity contribution in [2.24, 2.45) is 5.92 Å². The van der Waals surface area contributed by atoms with Crippen LogP contribution in [0.2, 0.25) is 0 Å². The number of carbonyl (C=O) groups is 2. The summed E-state index contributed by atoms with van der Waals surface area (Å²) in [5, 5.41) is 5.93. The van der Waals surface area contributed by atoms with Crippen LogP contribution in [-0.4, -0.2) is 34.8 Å². The first-order valence-electron chi connectivity index (χ1n) is 8.91. The van der Waals surface area contributed by atoms with E-state index in [1.54, 1.807) is 18.3 Å². The van der Waals surface area contributed by atoms with Crippen molar-refractivity contribution in [1.29, 1.82) is 0 Å². The van der Waals surface area contributed by atoms with Gasteiger partial charge in [-0.3, -0.25) is 9.59 Å². The van der Waals surface area contributed by atoms with E-state index in [-0.39, 0.29) is 11.8 Å². The smallest absolute Gasteiger partial charge is 0.255 e. The SMILES string of the molecule is CC(=O)Nc1cccc(Nc2ccc(C(=O)N3CCCC(C)C3)cn2)c1. The molecule has 6 nitrogen and oxygen atoms in total. The van der Waals surface area contributed by atoms with Crippen LogP contribution in [0.4, 0.5) is 17.2 Å². The molecule has 0 saturated carbocycles. The van der Waals surface area contributed by atoms with Crippen LogP contribution in [0.3, 0.4) is 0 Å². The summed E-state index contributed by atoms with van der Waals surface area (Å²) in [7, 11) is 0. The first-order chi connectivity index (χ1) is 12.5. The predicted molar refractivity (Wildman–Crippen MR) is 103 cm³/mol. The van der Waals surface area contributed by atoms with E-state index < -0.39 is 0 Å². The molecule has 0 spiro atoms. The van der Waals surface area contributed by atoms with Crippen molar-refractivity contribution in [1.82, 2.24) is 9.88 Å². The van der Waals surface area contributed by atoms with Gasteiger partial charge in [0, 0.05) is 37.6 Å². The Morgan fingerprint density at radius 3 is 2.69 bits per heavy atom. The average Bonchev–Trinajstić information content (AvgIpc) is 2.61.